The van der Waals surface area contributed by atoms with E-state index >= 15 is 0 Å². The van der Waals surface area contributed by atoms with Gasteiger partial charge in [0.2, 0.25) is 11.8 Å². The molecule has 2 fully saturated rings. The van der Waals surface area contributed by atoms with E-state index in [1.807, 2.05) is 0 Å². The van der Waals surface area contributed by atoms with Gasteiger partial charge in [0, 0.05) is 42.0 Å². The van der Waals surface area contributed by atoms with Crippen molar-refractivity contribution >= 4 is 11.8 Å². The summed E-state index contributed by atoms with van der Waals surface area (Å²) >= 11 is 0. The lowest BCUT2D eigenvalue weighted by Gasteiger charge is -2.18. The number of amides is 2. The maximum absolute atomic E-state index is 12.5. The molecule has 23 heavy (non-hydrogen) atoms. The predicted molar refractivity (Wildman–Crippen MR) is 83.9 cm³/mol. The first-order valence-electron chi connectivity index (χ1n) is 8.08. The molecule has 0 aromatic carbocycles. The molecule has 124 valence electrons. The third-order valence-corrected chi connectivity index (χ3v) is 4.62. The molecule has 1 saturated carbocycles. The van der Waals surface area contributed by atoms with Crippen molar-refractivity contribution in [2.24, 2.45) is 5.92 Å². The van der Waals surface area contributed by atoms with Crippen LogP contribution in [0.2, 0.25) is 0 Å². The van der Waals surface area contributed by atoms with Gasteiger partial charge in [0.05, 0.1) is 6.42 Å². The molecule has 2 amide bonds. The number of nitrogens with one attached hydrogen (secondary N) is 2. The summed E-state index contributed by atoms with van der Waals surface area (Å²) in [6.45, 7) is 4.74. The third-order valence-electron chi connectivity index (χ3n) is 4.62. The van der Waals surface area contributed by atoms with Crippen LogP contribution in [0.25, 0.3) is 0 Å². The Morgan fingerprint density at radius 1 is 1.30 bits per heavy atom. The Morgan fingerprint density at radius 3 is 2.70 bits per heavy atom. The molecule has 2 N–H and O–H groups in total. The van der Waals surface area contributed by atoms with Crippen LogP contribution in [0, 0.1) is 19.8 Å². The van der Waals surface area contributed by atoms with E-state index in [2.05, 4.69) is 15.3 Å². The van der Waals surface area contributed by atoms with Gasteiger partial charge in [-0.3, -0.25) is 9.59 Å². The van der Waals surface area contributed by atoms with Crippen molar-refractivity contribution < 1.29 is 9.59 Å². The van der Waals surface area contributed by atoms with Crippen LogP contribution < -0.4 is 11.0 Å². The Hall–Kier alpha value is -2.18. The molecule has 7 heteroatoms. The molecule has 0 spiro atoms. The van der Waals surface area contributed by atoms with Gasteiger partial charge in [-0.25, -0.2) is 4.79 Å². The summed E-state index contributed by atoms with van der Waals surface area (Å²) in [5.74, 6) is 0.325. The molecule has 1 saturated heterocycles. The van der Waals surface area contributed by atoms with Gasteiger partial charge in [0.15, 0.2) is 0 Å². The lowest BCUT2D eigenvalue weighted by atomic mass is 10.1. The molecular formula is C16H22N4O3. The van der Waals surface area contributed by atoms with Crippen molar-refractivity contribution in [3.05, 3.63) is 27.4 Å². The number of H-pyrrole nitrogens is 1. The number of rotatable bonds is 4. The van der Waals surface area contributed by atoms with Gasteiger partial charge in [0.25, 0.3) is 0 Å². The summed E-state index contributed by atoms with van der Waals surface area (Å²) in [4.78, 5) is 43.8. The number of aryl methyl sites for hydroxylation is 2. The van der Waals surface area contributed by atoms with Gasteiger partial charge in [-0.1, -0.05) is 0 Å². The Bertz CT molecular complexity index is 667. The zero-order valence-electron chi connectivity index (χ0n) is 13.5. The van der Waals surface area contributed by atoms with E-state index in [-0.39, 0.29) is 35.9 Å². The summed E-state index contributed by atoms with van der Waals surface area (Å²) < 4.78 is 0. The average molecular weight is 318 g/mol. The van der Waals surface area contributed by atoms with Crippen molar-refractivity contribution in [3.63, 3.8) is 0 Å². The second-order valence-electron chi connectivity index (χ2n) is 6.52. The number of carbonyl (C=O) groups excluding carboxylic acids is 2. The van der Waals surface area contributed by atoms with Crippen molar-refractivity contribution in [3.8, 4) is 0 Å². The van der Waals surface area contributed by atoms with Crippen LogP contribution in [0.4, 0.5) is 0 Å². The minimum atomic E-state index is -0.389. The van der Waals surface area contributed by atoms with Crippen LogP contribution in [0.1, 0.15) is 36.2 Å². The van der Waals surface area contributed by atoms with E-state index in [1.54, 1.807) is 18.7 Å². The molecule has 7 nitrogen and oxygen atoms in total. The topological polar surface area (TPSA) is 95.2 Å². The molecule has 0 bridgehead atoms. The van der Waals surface area contributed by atoms with E-state index in [1.165, 1.54) is 0 Å². The number of aromatic amines is 1. The molecular weight excluding hydrogens is 296 g/mol. The van der Waals surface area contributed by atoms with E-state index in [9.17, 15) is 14.4 Å². The minimum Gasteiger partial charge on any atom is -0.351 e. The molecule has 0 unspecified atom stereocenters. The van der Waals surface area contributed by atoms with Crippen LogP contribution in [0.15, 0.2) is 4.79 Å². The number of hydrogen-bond acceptors (Lipinski definition) is 4. The Morgan fingerprint density at radius 2 is 2.04 bits per heavy atom. The molecule has 1 aliphatic heterocycles. The number of nitrogens with zero attached hydrogens (tertiary/aromatic N) is 2. The van der Waals surface area contributed by atoms with Crippen LogP contribution in [-0.2, 0) is 16.0 Å². The average Bonchev–Trinajstić information content (AvgIpc) is 3.23. The quantitative estimate of drug-likeness (QED) is 0.820. The van der Waals surface area contributed by atoms with Crippen LogP contribution >= 0.6 is 0 Å². The zero-order valence-corrected chi connectivity index (χ0v) is 13.5. The van der Waals surface area contributed by atoms with Crippen molar-refractivity contribution in [1.82, 2.24) is 20.2 Å². The summed E-state index contributed by atoms with van der Waals surface area (Å²) in [5, 5.41) is 3.03. The minimum absolute atomic E-state index is 0.00761. The molecule has 2 heterocycles. The normalized spacial score (nSPS) is 20.6. The molecule has 1 aromatic rings. The molecule has 1 atom stereocenters. The fraction of sp³-hybridized carbons (Fsp3) is 0.625. The molecule has 1 aromatic heterocycles. The van der Waals surface area contributed by atoms with Gasteiger partial charge < -0.3 is 15.2 Å². The standard InChI is InChI=1S/C16H22N4O3/c1-9-13(10(2)18-16(23)17-9)7-14(21)20-6-5-12(8-20)19-15(22)11-3-4-11/h11-12H,3-8H2,1-2H3,(H,19,22)(H,17,18,23)/t12-/m0/s1. The van der Waals surface area contributed by atoms with Gasteiger partial charge >= 0.3 is 5.69 Å². The first kappa shape index (κ1) is 15.7. The Kier molecular flexibility index (Phi) is 4.19. The molecule has 2 aliphatic rings. The summed E-state index contributed by atoms with van der Waals surface area (Å²) in [6, 6.07) is 0.0583. The first-order chi connectivity index (χ1) is 10.9. The zero-order chi connectivity index (χ0) is 16.6. The second-order valence-corrected chi connectivity index (χ2v) is 6.52. The first-order valence-corrected chi connectivity index (χ1v) is 8.08. The van der Waals surface area contributed by atoms with Crippen LogP contribution in [0.5, 0.6) is 0 Å². The Labute approximate surface area is 134 Å². The highest BCUT2D eigenvalue weighted by atomic mass is 16.2. The maximum Gasteiger partial charge on any atom is 0.345 e. The smallest absolute Gasteiger partial charge is 0.345 e. The van der Waals surface area contributed by atoms with Crippen molar-refractivity contribution in [2.75, 3.05) is 13.1 Å². The van der Waals surface area contributed by atoms with E-state index in [4.69, 9.17) is 0 Å². The van der Waals surface area contributed by atoms with E-state index in [0.717, 1.165) is 24.8 Å². The lowest BCUT2D eigenvalue weighted by molar-refractivity contribution is -0.130. The third kappa shape index (κ3) is 3.60. The maximum atomic E-state index is 12.5. The molecule has 1 aliphatic carbocycles. The summed E-state index contributed by atoms with van der Waals surface area (Å²) in [6.07, 6.45) is 2.99. The highest BCUT2D eigenvalue weighted by Crippen LogP contribution is 2.29. The summed E-state index contributed by atoms with van der Waals surface area (Å²) in [5.41, 5.74) is 1.67. The number of hydrogen-bond donors (Lipinski definition) is 2. The lowest BCUT2D eigenvalue weighted by Crippen LogP contribution is -2.39. The Balaban J connectivity index is 1.59. The number of aromatic nitrogens is 2. The number of carbonyl (C=O) groups is 2. The van der Waals surface area contributed by atoms with Gasteiger partial charge in [-0.15, -0.1) is 0 Å². The highest BCUT2D eigenvalue weighted by Gasteiger charge is 2.33. The monoisotopic (exact) mass is 318 g/mol. The van der Waals surface area contributed by atoms with Crippen molar-refractivity contribution in [2.45, 2.75) is 45.6 Å². The number of likely N-dealkylation sites (tertiary alicyclic amines) is 1. The fourth-order valence-electron chi connectivity index (χ4n) is 3.05. The second kappa shape index (κ2) is 6.14. The van der Waals surface area contributed by atoms with E-state index < -0.39 is 0 Å². The largest absolute Gasteiger partial charge is 0.351 e. The SMILES string of the molecule is Cc1nc(=O)[nH]c(C)c1CC(=O)N1CC[C@H](NC(=O)C2CC2)C1. The van der Waals surface area contributed by atoms with Gasteiger partial charge in [-0.2, -0.15) is 4.98 Å². The van der Waals surface area contributed by atoms with Crippen molar-refractivity contribution in [1.29, 1.82) is 0 Å². The van der Waals surface area contributed by atoms with E-state index in [0.29, 0.717) is 24.5 Å². The molecule has 0 radical (unpaired) electrons. The fourth-order valence-corrected chi connectivity index (χ4v) is 3.05. The van der Waals surface area contributed by atoms with Crippen LogP contribution in [0.3, 0.4) is 0 Å². The van der Waals surface area contributed by atoms with Crippen LogP contribution in [-0.4, -0.2) is 45.8 Å². The van der Waals surface area contributed by atoms with Gasteiger partial charge in [-0.05, 0) is 33.1 Å². The predicted octanol–water partition coefficient (Wildman–Crippen LogP) is 0.0563. The summed E-state index contributed by atoms with van der Waals surface area (Å²) in [7, 11) is 0. The molecule has 3 rings (SSSR count). The van der Waals surface area contributed by atoms with Gasteiger partial charge in [0.1, 0.15) is 0 Å². The highest BCUT2D eigenvalue weighted by molar-refractivity contribution is 5.82.